The highest BCUT2D eigenvalue weighted by atomic mass is 16.4. The molecule has 0 unspecified atom stereocenters. The Morgan fingerprint density at radius 2 is 2.26 bits per heavy atom. The summed E-state index contributed by atoms with van der Waals surface area (Å²) in [5.74, 6) is 1.86. The van der Waals surface area contributed by atoms with Crippen molar-refractivity contribution < 1.29 is 14.7 Å². The molecule has 1 fully saturated rings. The number of rotatable bonds is 6. The number of hydrogen-bond donors (Lipinski definition) is 1. The third-order valence-corrected chi connectivity index (χ3v) is 3.16. The van der Waals surface area contributed by atoms with Crippen molar-refractivity contribution in [2.24, 2.45) is 5.92 Å². The van der Waals surface area contributed by atoms with Gasteiger partial charge in [0.25, 0.3) is 0 Å². The molecule has 1 aliphatic carbocycles. The number of aromatic carboxylic acids is 1. The van der Waals surface area contributed by atoms with Crippen LogP contribution < -0.4 is 0 Å². The summed E-state index contributed by atoms with van der Waals surface area (Å²) >= 11 is 0. The van der Waals surface area contributed by atoms with Gasteiger partial charge in [-0.25, -0.2) is 4.79 Å². The molecule has 0 saturated heterocycles. The molecule has 1 aromatic heterocycles. The second-order valence-corrected chi connectivity index (χ2v) is 4.75. The van der Waals surface area contributed by atoms with Crippen LogP contribution in [0, 0.1) is 18.3 Å². The van der Waals surface area contributed by atoms with Crippen molar-refractivity contribution in [3.05, 3.63) is 24.0 Å². The van der Waals surface area contributed by atoms with Crippen LogP contribution in [0.5, 0.6) is 0 Å². The summed E-state index contributed by atoms with van der Waals surface area (Å²) in [6.45, 7) is 0.967. The van der Waals surface area contributed by atoms with E-state index in [0.717, 1.165) is 12.8 Å². The molecule has 0 aromatic carbocycles. The standard InChI is InChI=1S/C14H16N2O3/c1-2-7-16(9-11-5-6-11)13(17)10-15-8-3-4-12(15)14(18)19/h1,3-4,8,11H,5-7,9-10H2,(H,18,19). The van der Waals surface area contributed by atoms with E-state index in [4.69, 9.17) is 11.5 Å². The fourth-order valence-corrected chi connectivity index (χ4v) is 1.97. The maximum atomic E-state index is 12.2. The van der Waals surface area contributed by atoms with Crippen LogP contribution in [0.4, 0.5) is 0 Å². The first-order chi connectivity index (χ1) is 9.11. The van der Waals surface area contributed by atoms with Gasteiger partial charge in [0, 0.05) is 12.7 Å². The number of amides is 1. The number of carboxylic acid groups (broad SMARTS) is 1. The number of carbonyl (C=O) groups excluding carboxylic acids is 1. The van der Waals surface area contributed by atoms with Crippen molar-refractivity contribution in [1.29, 1.82) is 0 Å². The molecule has 5 heteroatoms. The number of aromatic nitrogens is 1. The Kier molecular flexibility index (Phi) is 3.91. The first-order valence-corrected chi connectivity index (χ1v) is 6.21. The normalized spacial score (nSPS) is 13.8. The third-order valence-electron chi connectivity index (χ3n) is 3.16. The summed E-state index contributed by atoms with van der Waals surface area (Å²) in [4.78, 5) is 24.8. The SMILES string of the molecule is C#CCN(CC1CC1)C(=O)Cn1cccc1C(=O)O. The largest absolute Gasteiger partial charge is 0.477 e. The lowest BCUT2D eigenvalue weighted by atomic mass is 10.3. The Balaban J connectivity index is 2.03. The van der Waals surface area contributed by atoms with Gasteiger partial charge in [0.05, 0.1) is 6.54 Å². The molecular weight excluding hydrogens is 244 g/mol. The highest BCUT2D eigenvalue weighted by Crippen LogP contribution is 2.29. The number of terminal acetylenes is 1. The molecule has 100 valence electrons. The van der Waals surface area contributed by atoms with E-state index in [1.165, 1.54) is 10.6 Å². The van der Waals surface area contributed by atoms with Crippen molar-refractivity contribution >= 4 is 11.9 Å². The van der Waals surface area contributed by atoms with E-state index < -0.39 is 5.97 Å². The lowest BCUT2D eigenvalue weighted by Gasteiger charge is -2.20. The van der Waals surface area contributed by atoms with E-state index in [1.54, 1.807) is 17.2 Å². The summed E-state index contributed by atoms with van der Waals surface area (Å²) < 4.78 is 1.43. The van der Waals surface area contributed by atoms with Gasteiger partial charge in [-0.1, -0.05) is 5.92 Å². The lowest BCUT2D eigenvalue weighted by Crippen LogP contribution is -2.36. The zero-order chi connectivity index (χ0) is 13.8. The van der Waals surface area contributed by atoms with Gasteiger partial charge in [-0.15, -0.1) is 6.42 Å². The monoisotopic (exact) mass is 260 g/mol. The summed E-state index contributed by atoms with van der Waals surface area (Å²) in [5, 5.41) is 8.99. The van der Waals surface area contributed by atoms with Gasteiger partial charge in [-0.2, -0.15) is 0 Å². The molecule has 0 spiro atoms. The highest BCUT2D eigenvalue weighted by molar-refractivity contribution is 5.87. The molecule has 1 heterocycles. The van der Waals surface area contributed by atoms with Crippen LogP contribution in [0.3, 0.4) is 0 Å². The van der Waals surface area contributed by atoms with Gasteiger partial charge in [0.2, 0.25) is 5.91 Å². The second kappa shape index (κ2) is 5.61. The molecule has 0 aliphatic heterocycles. The van der Waals surface area contributed by atoms with Crippen molar-refractivity contribution in [2.45, 2.75) is 19.4 Å². The molecule has 2 rings (SSSR count). The minimum Gasteiger partial charge on any atom is -0.477 e. The molecule has 1 amide bonds. The number of hydrogen-bond acceptors (Lipinski definition) is 2. The van der Waals surface area contributed by atoms with Crippen molar-refractivity contribution in [3.63, 3.8) is 0 Å². The van der Waals surface area contributed by atoms with Gasteiger partial charge in [0.1, 0.15) is 12.2 Å². The van der Waals surface area contributed by atoms with Gasteiger partial charge >= 0.3 is 5.97 Å². The maximum Gasteiger partial charge on any atom is 0.352 e. The van der Waals surface area contributed by atoms with Crippen LogP contribution in [0.1, 0.15) is 23.3 Å². The Morgan fingerprint density at radius 1 is 1.53 bits per heavy atom. The summed E-state index contributed by atoms with van der Waals surface area (Å²) in [5.41, 5.74) is 0.112. The van der Waals surface area contributed by atoms with Crippen LogP contribution >= 0.6 is 0 Å². The molecule has 5 nitrogen and oxygen atoms in total. The average molecular weight is 260 g/mol. The summed E-state index contributed by atoms with van der Waals surface area (Å²) in [6, 6.07) is 3.09. The van der Waals surface area contributed by atoms with Crippen LogP contribution in [0.2, 0.25) is 0 Å². The zero-order valence-electron chi connectivity index (χ0n) is 10.6. The first-order valence-electron chi connectivity index (χ1n) is 6.21. The number of carbonyl (C=O) groups is 2. The van der Waals surface area contributed by atoms with Gasteiger partial charge in [0.15, 0.2) is 0 Å². The Morgan fingerprint density at radius 3 is 2.84 bits per heavy atom. The molecule has 19 heavy (non-hydrogen) atoms. The Labute approximate surface area is 111 Å². The second-order valence-electron chi connectivity index (χ2n) is 4.75. The van der Waals surface area contributed by atoms with Crippen molar-refractivity contribution in [2.75, 3.05) is 13.1 Å². The smallest absolute Gasteiger partial charge is 0.352 e. The lowest BCUT2D eigenvalue weighted by molar-refractivity contribution is -0.131. The van der Waals surface area contributed by atoms with E-state index in [-0.39, 0.29) is 24.7 Å². The maximum absolute atomic E-state index is 12.2. The fourth-order valence-electron chi connectivity index (χ4n) is 1.97. The van der Waals surface area contributed by atoms with Crippen LogP contribution in [0.15, 0.2) is 18.3 Å². The predicted molar refractivity (Wildman–Crippen MR) is 69.5 cm³/mol. The Bertz CT molecular complexity index is 523. The minimum absolute atomic E-state index is 0.0169. The van der Waals surface area contributed by atoms with E-state index in [2.05, 4.69) is 5.92 Å². The summed E-state index contributed by atoms with van der Waals surface area (Å²) in [6.07, 6.45) is 9.13. The van der Waals surface area contributed by atoms with Crippen molar-refractivity contribution in [1.82, 2.24) is 9.47 Å². The third kappa shape index (κ3) is 3.38. The Hall–Kier alpha value is -2.22. The van der Waals surface area contributed by atoms with Crippen LogP contribution in [-0.2, 0) is 11.3 Å². The molecule has 1 aromatic rings. The molecule has 0 radical (unpaired) electrons. The number of nitrogens with zero attached hydrogens (tertiary/aromatic N) is 2. The topological polar surface area (TPSA) is 62.5 Å². The van der Waals surface area contributed by atoms with E-state index in [1.807, 2.05) is 0 Å². The molecule has 0 bridgehead atoms. The van der Waals surface area contributed by atoms with E-state index >= 15 is 0 Å². The van der Waals surface area contributed by atoms with E-state index in [9.17, 15) is 9.59 Å². The number of carboxylic acids is 1. The molecule has 1 aliphatic rings. The molecule has 0 atom stereocenters. The fraction of sp³-hybridized carbons (Fsp3) is 0.429. The van der Waals surface area contributed by atoms with Crippen LogP contribution in [-0.4, -0.2) is 39.5 Å². The van der Waals surface area contributed by atoms with Crippen LogP contribution in [0.25, 0.3) is 0 Å². The molecule has 1 N–H and O–H groups in total. The van der Waals surface area contributed by atoms with Gasteiger partial charge < -0.3 is 14.6 Å². The molecular formula is C14H16N2O3. The van der Waals surface area contributed by atoms with Crippen molar-refractivity contribution in [3.8, 4) is 12.3 Å². The minimum atomic E-state index is -1.04. The first kappa shape index (κ1) is 13.2. The molecule has 1 saturated carbocycles. The zero-order valence-corrected chi connectivity index (χ0v) is 10.6. The van der Waals surface area contributed by atoms with E-state index in [0.29, 0.717) is 12.5 Å². The predicted octanol–water partition coefficient (Wildman–Crippen LogP) is 1.06. The van der Waals surface area contributed by atoms with Gasteiger partial charge in [-0.3, -0.25) is 4.79 Å². The summed E-state index contributed by atoms with van der Waals surface area (Å²) in [7, 11) is 0. The van der Waals surface area contributed by atoms with Gasteiger partial charge in [-0.05, 0) is 30.9 Å². The highest BCUT2D eigenvalue weighted by Gasteiger charge is 2.26. The average Bonchev–Trinajstić information content (AvgIpc) is 3.05. The quantitative estimate of drug-likeness (QED) is 0.778.